The minimum Gasteiger partial charge on any atom is -0.466 e. The van der Waals surface area contributed by atoms with Crippen molar-refractivity contribution >= 4 is 17.7 Å². The van der Waals surface area contributed by atoms with Crippen LogP contribution in [0.3, 0.4) is 0 Å². The molecule has 90 valence electrons. The second-order valence-electron chi connectivity index (χ2n) is 3.08. The van der Waals surface area contributed by atoms with Gasteiger partial charge in [-0.3, -0.25) is 9.59 Å². The molecule has 0 bridgehead atoms. The number of esters is 1. The van der Waals surface area contributed by atoms with Crippen LogP contribution in [0.1, 0.15) is 12.8 Å². The maximum atomic E-state index is 11.2. The molecule has 0 heterocycles. The molecule has 1 atom stereocenters. The fraction of sp³-hybridized carbons (Fsp3) is 0.500. The molecule has 0 aliphatic carbocycles. The van der Waals surface area contributed by atoms with E-state index in [9.17, 15) is 14.4 Å². The van der Waals surface area contributed by atoms with Crippen LogP contribution in [0.4, 0.5) is 0 Å². The lowest BCUT2D eigenvalue weighted by atomic mass is 10.1. The first kappa shape index (κ1) is 14.3. The van der Waals surface area contributed by atoms with Gasteiger partial charge in [-0.05, 0) is 12.5 Å². The molecular weight excluding hydrogens is 212 g/mol. The predicted octanol–water partition coefficient (Wildman–Crippen LogP) is -0.862. The van der Waals surface area contributed by atoms with Gasteiger partial charge >= 0.3 is 5.97 Å². The SMILES string of the molecule is CNC(=O)[C@@H](N)CCC(=O)/C=C/C(=O)OC. The summed E-state index contributed by atoms with van der Waals surface area (Å²) >= 11 is 0. The van der Waals surface area contributed by atoms with Crippen molar-refractivity contribution in [1.82, 2.24) is 5.32 Å². The van der Waals surface area contributed by atoms with Crippen LogP contribution in [0.25, 0.3) is 0 Å². The minimum atomic E-state index is -0.708. The molecule has 16 heavy (non-hydrogen) atoms. The van der Waals surface area contributed by atoms with Crippen molar-refractivity contribution in [3.8, 4) is 0 Å². The number of allylic oxidation sites excluding steroid dienone is 1. The average Bonchev–Trinajstić information content (AvgIpc) is 2.31. The quantitative estimate of drug-likeness (QED) is 0.455. The standard InChI is InChI=1S/C10H16N2O4/c1-12-10(15)8(11)5-3-7(13)4-6-9(14)16-2/h4,6,8H,3,5,11H2,1-2H3,(H,12,15)/b6-4+/t8-/m0/s1. The van der Waals surface area contributed by atoms with E-state index in [1.54, 1.807) is 0 Å². The highest BCUT2D eigenvalue weighted by atomic mass is 16.5. The Morgan fingerprint density at radius 1 is 1.38 bits per heavy atom. The number of ketones is 1. The van der Waals surface area contributed by atoms with Gasteiger partial charge in [0, 0.05) is 19.5 Å². The van der Waals surface area contributed by atoms with Gasteiger partial charge in [-0.25, -0.2) is 4.79 Å². The van der Waals surface area contributed by atoms with Crippen LogP contribution < -0.4 is 11.1 Å². The number of carbonyl (C=O) groups excluding carboxylic acids is 3. The molecule has 0 rings (SSSR count). The van der Waals surface area contributed by atoms with Crippen molar-refractivity contribution in [3.63, 3.8) is 0 Å². The van der Waals surface area contributed by atoms with E-state index in [-0.39, 0.29) is 24.5 Å². The minimum absolute atomic E-state index is 0.113. The zero-order valence-electron chi connectivity index (χ0n) is 9.36. The van der Waals surface area contributed by atoms with E-state index in [4.69, 9.17) is 5.73 Å². The van der Waals surface area contributed by atoms with E-state index < -0.39 is 12.0 Å². The van der Waals surface area contributed by atoms with E-state index >= 15 is 0 Å². The smallest absolute Gasteiger partial charge is 0.330 e. The number of nitrogens with one attached hydrogen (secondary N) is 1. The number of likely N-dealkylation sites (N-methyl/N-ethyl adjacent to an activating group) is 1. The second-order valence-corrected chi connectivity index (χ2v) is 3.08. The molecule has 0 spiro atoms. The molecule has 0 saturated carbocycles. The normalized spacial score (nSPS) is 12.2. The van der Waals surface area contributed by atoms with Crippen molar-refractivity contribution in [2.75, 3.05) is 14.2 Å². The Morgan fingerprint density at radius 3 is 2.50 bits per heavy atom. The van der Waals surface area contributed by atoms with Crippen LogP contribution in [0, 0.1) is 0 Å². The third kappa shape index (κ3) is 5.92. The number of amides is 1. The number of rotatable bonds is 6. The van der Waals surface area contributed by atoms with Crippen molar-refractivity contribution in [2.45, 2.75) is 18.9 Å². The maximum absolute atomic E-state index is 11.2. The van der Waals surface area contributed by atoms with Crippen LogP contribution >= 0.6 is 0 Å². The van der Waals surface area contributed by atoms with Crippen molar-refractivity contribution in [2.24, 2.45) is 5.73 Å². The first-order valence-electron chi connectivity index (χ1n) is 4.77. The summed E-state index contributed by atoms with van der Waals surface area (Å²) in [5.41, 5.74) is 5.48. The molecule has 0 aromatic carbocycles. The van der Waals surface area contributed by atoms with Crippen molar-refractivity contribution < 1.29 is 19.1 Å². The second kappa shape index (κ2) is 7.58. The Morgan fingerprint density at radius 2 is 2.00 bits per heavy atom. The summed E-state index contributed by atoms with van der Waals surface area (Å²) in [6.07, 6.45) is 2.50. The van der Waals surface area contributed by atoms with Gasteiger partial charge in [0.2, 0.25) is 5.91 Å². The Bertz CT molecular complexity index is 299. The van der Waals surface area contributed by atoms with Gasteiger partial charge in [0.05, 0.1) is 13.2 Å². The topological polar surface area (TPSA) is 98.5 Å². The Kier molecular flexibility index (Phi) is 6.78. The molecule has 0 aliphatic rings. The van der Waals surface area contributed by atoms with Gasteiger partial charge in [-0.1, -0.05) is 0 Å². The Hall–Kier alpha value is -1.69. The number of hydrogen-bond acceptors (Lipinski definition) is 5. The fourth-order valence-electron chi connectivity index (χ4n) is 0.927. The molecule has 0 saturated heterocycles. The zero-order valence-corrected chi connectivity index (χ0v) is 9.36. The molecule has 0 aromatic heterocycles. The summed E-state index contributed by atoms with van der Waals surface area (Å²) in [4.78, 5) is 32.9. The Balaban J connectivity index is 3.94. The van der Waals surface area contributed by atoms with Gasteiger partial charge in [-0.15, -0.1) is 0 Å². The molecule has 0 aliphatic heterocycles. The first-order chi connectivity index (χ1) is 7.51. The summed E-state index contributed by atoms with van der Waals surface area (Å²) in [6.45, 7) is 0. The molecule has 0 radical (unpaired) electrons. The summed E-state index contributed by atoms with van der Waals surface area (Å²) < 4.78 is 4.32. The molecule has 3 N–H and O–H groups in total. The van der Waals surface area contributed by atoms with Gasteiger partial charge in [0.25, 0.3) is 0 Å². The van der Waals surface area contributed by atoms with E-state index in [1.165, 1.54) is 14.2 Å². The van der Waals surface area contributed by atoms with Gasteiger partial charge in [-0.2, -0.15) is 0 Å². The highest BCUT2D eigenvalue weighted by molar-refractivity contribution is 5.96. The number of carbonyl (C=O) groups is 3. The first-order valence-corrected chi connectivity index (χ1v) is 4.77. The van der Waals surface area contributed by atoms with E-state index in [1.807, 2.05) is 0 Å². The van der Waals surface area contributed by atoms with Crippen LogP contribution in [-0.4, -0.2) is 37.9 Å². The van der Waals surface area contributed by atoms with Crippen molar-refractivity contribution in [3.05, 3.63) is 12.2 Å². The van der Waals surface area contributed by atoms with Crippen LogP contribution in [-0.2, 0) is 19.1 Å². The molecule has 0 aromatic rings. The molecular formula is C10H16N2O4. The highest BCUT2D eigenvalue weighted by Gasteiger charge is 2.12. The molecule has 1 amide bonds. The number of nitrogens with two attached hydrogens (primary N) is 1. The summed E-state index contributed by atoms with van der Waals surface area (Å²) in [5.74, 6) is -1.18. The van der Waals surface area contributed by atoms with Crippen molar-refractivity contribution in [1.29, 1.82) is 0 Å². The van der Waals surface area contributed by atoms with Crippen LogP contribution in [0.15, 0.2) is 12.2 Å². The molecule has 0 fully saturated rings. The molecule has 6 nitrogen and oxygen atoms in total. The number of methoxy groups -OCH3 is 1. The van der Waals surface area contributed by atoms with Gasteiger partial charge in [0.15, 0.2) is 5.78 Å². The van der Waals surface area contributed by atoms with Gasteiger partial charge < -0.3 is 15.8 Å². The van der Waals surface area contributed by atoms with E-state index in [0.29, 0.717) is 0 Å². The maximum Gasteiger partial charge on any atom is 0.330 e. The lowest BCUT2D eigenvalue weighted by molar-refractivity contribution is -0.135. The summed E-state index contributed by atoms with van der Waals surface area (Å²) in [6, 6.07) is -0.708. The number of hydrogen-bond donors (Lipinski definition) is 2. The lowest BCUT2D eigenvalue weighted by Gasteiger charge is -2.07. The summed E-state index contributed by atoms with van der Waals surface area (Å²) in [7, 11) is 2.69. The fourth-order valence-corrected chi connectivity index (χ4v) is 0.927. The van der Waals surface area contributed by atoms with Gasteiger partial charge in [0.1, 0.15) is 0 Å². The lowest BCUT2D eigenvalue weighted by Crippen LogP contribution is -2.38. The predicted molar refractivity (Wildman–Crippen MR) is 57.4 cm³/mol. The van der Waals surface area contributed by atoms with Crippen LogP contribution in [0.5, 0.6) is 0 Å². The number of ether oxygens (including phenoxy) is 1. The molecule has 0 unspecified atom stereocenters. The van der Waals surface area contributed by atoms with E-state index in [2.05, 4.69) is 10.1 Å². The third-order valence-corrected chi connectivity index (χ3v) is 1.89. The third-order valence-electron chi connectivity index (χ3n) is 1.89. The highest BCUT2D eigenvalue weighted by Crippen LogP contribution is 1.97. The average molecular weight is 228 g/mol. The Labute approximate surface area is 93.8 Å². The largest absolute Gasteiger partial charge is 0.466 e. The monoisotopic (exact) mass is 228 g/mol. The molecule has 6 heteroatoms. The van der Waals surface area contributed by atoms with E-state index in [0.717, 1.165) is 12.2 Å². The summed E-state index contributed by atoms with van der Waals surface area (Å²) in [5, 5.41) is 2.38. The van der Waals surface area contributed by atoms with Crippen LogP contribution in [0.2, 0.25) is 0 Å². The zero-order chi connectivity index (χ0) is 12.6.